The Balaban J connectivity index is 3.39. The summed E-state index contributed by atoms with van der Waals surface area (Å²) in [7, 11) is 0. The largest absolute Gasteiger partial charge is 0.319 e. The molecule has 92 valence electrons. The highest BCUT2D eigenvalue weighted by molar-refractivity contribution is 4.72. The summed E-state index contributed by atoms with van der Waals surface area (Å²) >= 11 is 0. The normalized spacial score (nSPS) is 12.8. The van der Waals surface area contributed by atoms with Crippen LogP contribution in [0.5, 0.6) is 0 Å². The van der Waals surface area contributed by atoms with Gasteiger partial charge in [0.15, 0.2) is 0 Å². The first-order valence-corrected chi connectivity index (χ1v) is 4.93. The Morgan fingerprint density at radius 1 is 1.07 bits per heavy atom. The Kier molecular flexibility index (Phi) is 6.84. The first kappa shape index (κ1) is 14.6. The molecule has 2 nitrogen and oxygen atoms in total. The van der Waals surface area contributed by atoms with Crippen molar-refractivity contribution in [3.05, 3.63) is 0 Å². The maximum atomic E-state index is 12.4. The summed E-state index contributed by atoms with van der Waals surface area (Å²) in [5.74, 6) is -3.45. The molecule has 0 saturated carbocycles. The van der Waals surface area contributed by atoms with Crippen molar-refractivity contribution in [1.29, 1.82) is 0 Å². The van der Waals surface area contributed by atoms with Gasteiger partial charge in [-0.3, -0.25) is 0 Å². The van der Waals surface area contributed by atoms with E-state index in [1.807, 2.05) is 13.8 Å². The van der Waals surface area contributed by atoms with Crippen LogP contribution in [0.3, 0.4) is 0 Å². The molecule has 2 N–H and O–H groups in total. The third-order valence-corrected chi connectivity index (χ3v) is 1.71. The minimum atomic E-state index is -3.93. The zero-order valence-corrected chi connectivity index (χ0v) is 8.99. The molecule has 6 heteroatoms. The predicted molar refractivity (Wildman–Crippen MR) is 51.5 cm³/mol. The maximum absolute atomic E-state index is 12.4. The van der Waals surface area contributed by atoms with Crippen LogP contribution < -0.4 is 10.6 Å². The smallest absolute Gasteiger partial charge is 0.315 e. The molecule has 0 bridgehead atoms. The quantitative estimate of drug-likeness (QED) is 0.490. The predicted octanol–water partition coefficient (Wildman–Crippen LogP) is 1.72. The first-order valence-electron chi connectivity index (χ1n) is 4.93. The van der Waals surface area contributed by atoms with E-state index in [1.165, 1.54) is 0 Å². The molecule has 0 aromatic rings. The van der Waals surface area contributed by atoms with E-state index in [-0.39, 0.29) is 6.54 Å². The number of halogens is 4. The molecule has 0 amide bonds. The molecule has 0 atom stereocenters. The molecule has 0 rings (SSSR count). The van der Waals surface area contributed by atoms with E-state index < -0.39 is 18.9 Å². The van der Waals surface area contributed by atoms with E-state index in [9.17, 15) is 17.6 Å². The van der Waals surface area contributed by atoms with Gasteiger partial charge in [-0.05, 0) is 12.5 Å². The lowest BCUT2D eigenvalue weighted by atomic mass is 10.2. The van der Waals surface area contributed by atoms with Crippen LogP contribution in [0.1, 0.15) is 13.8 Å². The Morgan fingerprint density at radius 2 is 1.60 bits per heavy atom. The van der Waals surface area contributed by atoms with Crippen LogP contribution in [0.4, 0.5) is 17.6 Å². The number of hydrogen-bond acceptors (Lipinski definition) is 2. The van der Waals surface area contributed by atoms with Crippen LogP contribution in [0.15, 0.2) is 0 Å². The second-order valence-corrected chi connectivity index (χ2v) is 3.84. The lowest BCUT2D eigenvalue weighted by molar-refractivity contribution is -0.125. The monoisotopic (exact) mass is 230 g/mol. The van der Waals surface area contributed by atoms with E-state index in [0.29, 0.717) is 12.5 Å². The van der Waals surface area contributed by atoms with Crippen molar-refractivity contribution in [1.82, 2.24) is 10.6 Å². The molecule has 15 heavy (non-hydrogen) atoms. The van der Waals surface area contributed by atoms with Crippen molar-refractivity contribution in [2.45, 2.75) is 26.2 Å². The lowest BCUT2D eigenvalue weighted by Crippen LogP contribution is -2.41. The standard InChI is InChI=1S/C9H18F4N2/c1-7(2)5-14-3-4-15-6-9(12,13)8(10)11/h7-8,14-15H,3-6H2,1-2H3. The summed E-state index contributed by atoms with van der Waals surface area (Å²) in [5, 5.41) is 5.29. The van der Waals surface area contributed by atoms with Gasteiger partial charge in [-0.25, -0.2) is 8.78 Å². The average molecular weight is 230 g/mol. The molecular formula is C9H18F4N2. The van der Waals surface area contributed by atoms with Crippen molar-refractivity contribution < 1.29 is 17.6 Å². The van der Waals surface area contributed by atoms with Crippen molar-refractivity contribution in [3.63, 3.8) is 0 Å². The fourth-order valence-electron chi connectivity index (χ4n) is 0.900. The van der Waals surface area contributed by atoms with Crippen LogP contribution in [0, 0.1) is 5.92 Å². The Labute approximate surface area is 87.4 Å². The molecule has 0 aliphatic carbocycles. The second kappa shape index (κ2) is 7.00. The molecule has 0 radical (unpaired) electrons. The van der Waals surface area contributed by atoms with Crippen LogP contribution >= 0.6 is 0 Å². The van der Waals surface area contributed by atoms with Crippen molar-refractivity contribution >= 4 is 0 Å². The molecule has 0 unspecified atom stereocenters. The third kappa shape index (κ3) is 7.56. The topological polar surface area (TPSA) is 24.1 Å². The molecule has 0 saturated heterocycles. The van der Waals surface area contributed by atoms with Gasteiger partial charge >= 0.3 is 12.3 Å². The van der Waals surface area contributed by atoms with Gasteiger partial charge in [0.25, 0.3) is 0 Å². The van der Waals surface area contributed by atoms with Gasteiger partial charge in [0.05, 0.1) is 6.54 Å². The second-order valence-electron chi connectivity index (χ2n) is 3.84. The summed E-state index contributed by atoms with van der Waals surface area (Å²) in [6, 6.07) is 0. The third-order valence-electron chi connectivity index (χ3n) is 1.71. The summed E-state index contributed by atoms with van der Waals surface area (Å²) in [4.78, 5) is 0. The molecule has 0 aliphatic heterocycles. The van der Waals surface area contributed by atoms with Gasteiger partial charge in [-0.1, -0.05) is 13.8 Å². The minimum absolute atomic E-state index is 0.259. The zero-order valence-electron chi connectivity index (χ0n) is 8.99. The van der Waals surface area contributed by atoms with Crippen LogP contribution in [-0.2, 0) is 0 Å². The van der Waals surface area contributed by atoms with E-state index in [1.54, 1.807) is 0 Å². The summed E-state index contributed by atoms with van der Waals surface area (Å²) in [5.41, 5.74) is 0. The van der Waals surface area contributed by atoms with E-state index in [0.717, 1.165) is 6.54 Å². The zero-order chi connectivity index (χ0) is 11.9. The SMILES string of the molecule is CC(C)CNCCNCC(F)(F)C(F)F. The van der Waals surface area contributed by atoms with Crippen LogP contribution in [-0.4, -0.2) is 38.5 Å². The van der Waals surface area contributed by atoms with Gasteiger partial charge in [0.2, 0.25) is 0 Å². The lowest BCUT2D eigenvalue weighted by Gasteiger charge is -2.16. The van der Waals surface area contributed by atoms with Gasteiger partial charge in [0, 0.05) is 13.1 Å². The fourth-order valence-corrected chi connectivity index (χ4v) is 0.900. The minimum Gasteiger partial charge on any atom is -0.315 e. The molecule has 0 heterocycles. The Bertz CT molecular complexity index is 162. The number of rotatable bonds is 8. The molecule has 0 aromatic heterocycles. The highest BCUT2D eigenvalue weighted by Gasteiger charge is 2.39. The molecule has 0 aromatic carbocycles. The van der Waals surface area contributed by atoms with Gasteiger partial charge in [-0.15, -0.1) is 0 Å². The van der Waals surface area contributed by atoms with Gasteiger partial charge in [0.1, 0.15) is 0 Å². The van der Waals surface area contributed by atoms with E-state index >= 15 is 0 Å². The van der Waals surface area contributed by atoms with E-state index in [4.69, 9.17) is 0 Å². The first-order chi connectivity index (χ1) is 6.86. The summed E-state index contributed by atoms with van der Waals surface area (Å²) in [6.45, 7) is 4.60. The number of hydrogen-bond donors (Lipinski definition) is 2. The van der Waals surface area contributed by atoms with Crippen LogP contribution in [0.2, 0.25) is 0 Å². The van der Waals surface area contributed by atoms with Crippen molar-refractivity contribution in [3.8, 4) is 0 Å². The van der Waals surface area contributed by atoms with Gasteiger partial charge in [-0.2, -0.15) is 8.78 Å². The van der Waals surface area contributed by atoms with Crippen molar-refractivity contribution in [2.75, 3.05) is 26.2 Å². The van der Waals surface area contributed by atoms with Gasteiger partial charge < -0.3 is 10.6 Å². The Hall–Kier alpha value is -0.360. The molecular weight excluding hydrogens is 212 g/mol. The number of nitrogens with one attached hydrogen (secondary N) is 2. The highest BCUT2D eigenvalue weighted by Crippen LogP contribution is 2.21. The molecule has 0 spiro atoms. The number of alkyl halides is 4. The van der Waals surface area contributed by atoms with E-state index in [2.05, 4.69) is 10.6 Å². The molecule has 0 fully saturated rings. The highest BCUT2D eigenvalue weighted by atomic mass is 19.3. The maximum Gasteiger partial charge on any atom is 0.319 e. The Morgan fingerprint density at radius 3 is 2.07 bits per heavy atom. The average Bonchev–Trinajstić information content (AvgIpc) is 2.10. The fraction of sp³-hybridized carbons (Fsp3) is 1.00. The molecule has 0 aliphatic rings. The van der Waals surface area contributed by atoms with Crippen LogP contribution in [0.25, 0.3) is 0 Å². The van der Waals surface area contributed by atoms with Crippen molar-refractivity contribution in [2.24, 2.45) is 5.92 Å². The summed E-state index contributed by atoms with van der Waals surface area (Å²) < 4.78 is 48.1. The summed E-state index contributed by atoms with van der Waals surface area (Å²) in [6.07, 6.45) is -3.60.